The summed E-state index contributed by atoms with van der Waals surface area (Å²) in [5, 5.41) is 6.46. The van der Waals surface area contributed by atoms with E-state index in [2.05, 4.69) is 22.8 Å². The first kappa shape index (κ1) is 14.5. The molecule has 0 spiro atoms. The van der Waals surface area contributed by atoms with Crippen LogP contribution in [-0.2, 0) is 0 Å². The maximum atomic E-state index is 12.6. The molecule has 4 heteroatoms. The normalized spacial score (nSPS) is 16.5. The second kappa shape index (κ2) is 6.58. The fourth-order valence-electron chi connectivity index (χ4n) is 3.06. The summed E-state index contributed by atoms with van der Waals surface area (Å²) in [4.78, 5) is 14.6. The molecule has 0 bridgehead atoms. The Kier molecular flexibility index (Phi) is 4.56. The number of nitrogens with one attached hydrogen (secondary N) is 1. The highest BCUT2D eigenvalue weighted by Gasteiger charge is 2.23. The second-order valence-corrected chi connectivity index (χ2v) is 6.75. The molecule has 1 amide bonds. The van der Waals surface area contributed by atoms with Crippen LogP contribution < -0.4 is 5.32 Å². The van der Waals surface area contributed by atoms with Crippen molar-refractivity contribution in [2.75, 3.05) is 26.7 Å². The fraction of sp³-hybridized carbons (Fsp3) is 0.471. The molecule has 3 nitrogen and oxygen atoms in total. The number of amides is 1. The maximum Gasteiger partial charge on any atom is 0.253 e. The smallest absolute Gasteiger partial charge is 0.253 e. The van der Waals surface area contributed by atoms with Gasteiger partial charge in [-0.25, -0.2) is 0 Å². The number of carbonyl (C=O) groups is 1. The molecular weight excluding hydrogens is 280 g/mol. The van der Waals surface area contributed by atoms with E-state index in [0.717, 1.165) is 44.0 Å². The van der Waals surface area contributed by atoms with Gasteiger partial charge in [-0.2, -0.15) is 0 Å². The number of thiophene rings is 1. The van der Waals surface area contributed by atoms with Crippen molar-refractivity contribution in [2.24, 2.45) is 5.92 Å². The third-order valence-electron chi connectivity index (χ3n) is 4.40. The number of nitrogens with zero attached hydrogens (tertiary/aromatic N) is 1. The third kappa shape index (κ3) is 3.27. The predicted molar refractivity (Wildman–Crippen MR) is 89.0 cm³/mol. The van der Waals surface area contributed by atoms with E-state index >= 15 is 0 Å². The number of carbonyl (C=O) groups excluding carboxylic acids is 1. The van der Waals surface area contributed by atoms with Crippen molar-refractivity contribution >= 4 is 27.3 Å². The molecule has 3 rings (SSSR count). The molecule has 0 saturated carbocycles. The van der Waals surface area contributed by atoms with Crippen LogP contribution in [0, 0.1) is 5.92 Å². The standard InChI is InChI=1S/C17H22N2OS/c1-18-8-4-13-5-9-19(10-6-13)17(20)15-2-3-16-14(12-15)7-11-21-16/h2-3,7,11-13,18H,4-6,8-10H2,1H3. The molecule has 1 aliphatic heterocycles. The van der Waals surface area contributed by atoms with E-state index in [1.54, 1.807) is 11.3 Å². The average molecular weight is 302 g/mol. The van der Waals surface area contributed by atoms with Crippen LogP contribution in [0.2, 0.25) is 0 Å². The summed E-state index contributed by atoms with van der Waals surface area (Å²) in [6.07, 6.45) is 3.49. The first-order valence-corrected chi connectivity index (χ1v) is 8.57. The van der Waals surface area contributed by atoms with Gasteiger partial charge in [0.2, 0.25) is 0 Å². The van der Waals surface area contributed by atoms with Gasteiger partial charge in [-0.1, -0.05) is 0 Å². The first-order chi connectivity index (χ1) is 10.3. The summed E-state index contributed by atoms with van der Waals surface area (Å²) in [5.74, 6) is 0.955. The molecule has 1 saturated heterocycles. The van der Waals surface area contributed by atoms with E-state index in [0.29, 0.717) is 0 Å². The van der Waals surface area contributed by atoms with Crippen LogP contribution in [0.4, 0.5) is 0 Å². The lowest BCUT2D eigenvalue weighted by Gasteiger charge is -2.32. The van der Waals surface area contributed by atoms with Crippen LogP contribution in [0.3, 0.4) is 0 Å². The van der Waals surface area contributed by atoms with Crippen molar-refractivity contribution in [3.8, 4) is 0 Å². The van der Waals surface area contributed by atoms with Crippen LogP contribution in [0.5, 0.6) is 0 Å². The Morgan fingerprint density at radius 2 is 2.14 bits per heavy atom. The molecule has 1 aromatic carbocycles. The average Bonchev–Trinajstić information content (AvgIpc) is 3.00. The summed E-state index contributed by atoms with van der Waals surface area (Å²) in [5.41, 5.74) is 0.828. The Bertz CT molecular complexity index is 614. The van der Waals surface area contributed by atoms with Gasteiger partial charge >= 0.3 is 0 Å². The number of benzene rings is 1. The Labute approximate surface area is 130 Å². The third-order valence-corrected chi connectivity index (χ3v) is 5.30. The van der Waals surface area contributed by atoms with E-state index in [-0.39, 0.29) is 5.91 Å². The number of rotatable bonds is 4. The Balaban J connectivity index is 1.63. The molecule has 2 aromatic rings. The molecule has 0 atom stereocenters. The van der Waals surface area contributed by atoms with Gasteiger partial charge in [0.25, 0.3) is 5.91 Å². The number of piperidine rings is 1. The van der Waals surface area contributed by atoms with Gasteiger partial charge in [0, 0.05) is 23.4 Å². The lowest BCUT2D eigenvalue weighted by molar-refractivity contribution is 0.0687. The zero-order valence-electron chi connectivity index (χ0n) is 12.5. The highest BCUT2D eigenvalue weighted by Crippen LogP contribution is 2.25. The van der Waals surface area contributed by atoms with Crippen molar-refractivity contribution in [3.05, 3.63) is 35.2 Å². The number of hydrogen-bond acceptors (Lipinski definition) is 3. The van der Waals surface area contributed by atoms with Gasteiger partial charge in [-0.3, -0.25) is 4.79 Å². The van der Waals surface area contributed by atoms with Gasteiger partial charge in [0.15, 0.2) is 0 Å². The predicted octanol–water partition coefficient (Wildman–Crippen LogP) is 3.36. The summed E-state index contributed by atoms with van der Waals surface area (Å²) in [6.45, 7) is 2.87. The SMILES string of the molecule is CNCCC1CCN(C(=O)c2ccc3sccc3c2)CC1. The minimum absolute atomic E-state index is 0.190. The van der Waals surface area contributed by atoms with Crippen LogP contribution in [0.1, 0.15) is 29.6 Å². The van der Waals surface area contributed by atoms with Crippen molar-refractivity contribution in [1.29, 1.82) is 0 Å². The van der Waals surface area contributed by atoms with Crippen molar-refractivity contribution < 1.29 is 4.79 Å². The lowest BCUT2D eigenvalue weighted by atomic mass is 9.93. The van der Waals surface area contributed by atoms with Crippen LogP contribution in [0.15, 0.2) is 29.6 Å². The minimum atomic E-state index is 0.190. The van der Waals surface area contributed by atoms with Gasteiger partial charge in [0.05, 0.1) is 0 Å². The summed E-state index contributed by atoms with van der Waals surface area (Å²) in [6, 6.07) is 8.14. The first-order valence-electron chi connectivity index (χ1n) is 7.69. The molecular formula is C17H22N2OS. The zero-order chi connectivity index (χ0) is 14.7. The molecule has 2 heterocycles. The monoisotopic (exact) mass is 302 g/mol. The van der Waals surface area contributed by atoms with Crippen molar-refractivity contribution in [3.63, 3.8) is 0 Å². The molecule has 1 aromatic heterocycles. The van der Waals surface area contributed by atoms with Gasteiger partial charge in [0.1, 0.15) is 0 Å². The number of hydrogen-bond donors (Lipinski definition) is 1. The molecule has 21 heavy (non-hydrogen) atoms. The second-order valence-electron chi connectivity index (χ2n) is 5.80. The quantitative estimate of drug-likeness (QED) is 0.939. The fourth-order valence-corrected chi connectivity index (χ4v) is 3.83. The van der Waals surface area contributed by atoms with Gasteiger partial charge in [-0.05, 0) is 73.8 Å². The van der Waals surface area contributed by atoms with E-state index in [1.807, 2.05) is 24.1 Å². The zero-order valence-corrected chi connectivity index (χ0v) is 13.3. The van der Waals surface area contributed by atoms with Crippen molar-refractivity contribution in [1.82, 2.24) is 10.2 Å². The van der Waals surface area contributed by atoms with Crippen LogP contribution in [0.25, 0.3) is 10.1 Å². The summed E-state index contributed by atoms with van der Waals surface area (Å²) < 4.78 is 1.25. The lowest BCUT2D eigenvalue weighted by Crippen LogP contribution is -2.38. The largest absolute Gasteiger partial charge is 0.339 e. The Morgan fingerprint density at radius 1 is 1.33 bits per heavy atom. The summed E-state index contributed by atoms with van der Waals surface area (Å²) >= 11 is 1.72. The molecule has 1 aliphatic rings. The molecule has 112 valence electrons. The maximum absolute atomic E-state index is 12.6. The number of likely N-dealkylation sites (tertiary alicyclic amines) is 1. The van der Waals surface area contributed by atoms with Crippen LogP contribution in [-0.4, -0.2) is 37.5 Å². The Hall–Kier alpha value is -1.39. The van der Waals surface area contributed by atoms with E-state index in [1.165, 1.54) is 16.5 Å². The summed E-state index contributed by atoms with van der Waals surface area (Å²) in [7, 11) is 2.00. The molecule has 1 N–H and O–H groups in total. The van der Waals surface area contributed by atoms with E-state index in [9.17, 15) is 4.79 Å². The minimum Gasteiger partial charge on any atom is -0.339 e. The molecule has 0 radical (unpaired) electrons. The highest BCUT2D eigenvalue weighted by molar-refractivity contribution is 7.17. The highest BCUT2D eigenvalue weighted by atomic mass is 32.1. The Morgan fingerprint density at radius 3 is 2.90 bits per heavy atom. The van der Waals surface area contributed by atoms with Gasteiger partial charge in [-0.15, -0.1) is 11.3 Å². The molecule has 0 aliphatic carbocycles. The van der Waals surface area contributed by atoms with E-state index in [4.69, 9.17) is 0 Å². The molecule has 1 fully saturated rings. The number of fused-ring (bicyclic) bond motifs is 1. The van der Waals surface area contributed by atoms with Crippen LogP contribution >= 0.6 is 11.3 Å². The molecule has 0 unspecified atom stereocenters. The van der Waals surface area contributed by atoms with E-state index < -0.39 is 0 Å². The van der Waals surface area contributed by atoms with Gasteiger partial charge < -0.3 is 10.2 Å². The van der Waals surface area contributed by atoms with Crippen molar-refractivity contribution in [2.45, 2.75) is 19.3 Å². The topological polar surface area (TPSA) is 32.3 Å².